The zero-order valence-corrected chi connectivity index (χ0v) is 12.8. The first-order valence-corrected chi connectivity index (χ1v) is 7.18. The number of benzene rings is 2. The molecule has 5 nitrogen and oxygen atoms in total. The van der Waals surface area contributed by atoms with Gasteiger partial charge in [0.05, 0.1) is 6.21 Å². The molecule has 0 saturated carbocycles. The first-order valence-electron chi connectivity index (χ1n) is 6.78. The summed E-state index contributed by atoms with van der Waals surface area (Å²) in [6.45, 7) is 2.28. The second-order valence-corrected chi connectivity index (χ2v) is 5.16. The lowest BCUT2D eigenvalue weighted by Crippen LogP contribution is -2.24. The van der Waals surface area contributed by atoms with Crippen LogP contribution in [0.1, 0.15) is 11.1 Å². The van der Waals surface area contributed by atoms with Crippen LogP contribution < -0.4 is 20.2 Å². The molecule has 0 fully saturated rings. The van der Waals surface area contributed by atoms with Crippen LogP contribution in [0.15, 0.2) is 47.6 Å². The number of nitrogens with zero attached hydrogens (tertiary/aromatic N) is 1. The van der Waals surface area contributed by atoms with E-state index in [0.29, 0.717) is 5.11 Å². The van der Waals surface area contributed by atoms with Gasteiger partial charge in [-0.2, -0.15) is 5.10 Å². The van der Waals surface area contributed by atoms with Gasteiger partial charge in [-0.25, -0.2) is 0 Å². The Morgan fingerprint density at radius 3 is 2.86 bits per heavy atom. The molecule has 1 heterocycles. The number of ether oxygens (including phenoxy) is 2. The number of hydrogen-bond acceptors (Lipinski definition) is 4. The van der Waals surface area contributed by atoms with E-state index in [2.05, 4.69) is 15.8 Å². The smallest absolute Gasteiger partial charge is 0.231 e. The number of nitrogens with one attached hydrogen (secondary N) is 2. The predicted molar refractivity (Wildman–Crippen MR) is 90.7 cm³/mol. The van der Waals surface area contributed by atoms with Crippen molar-refractivity contribution in [1.82, 2.24) is 5.43 Å². The molecule has 0 aromatic heterocycles. The molecule has 22 heavy (non-hydrogen) atoms. The third kappa shape index (κ3) is 3.35. The average molecular weight is 313 g/mol. The highest BCUT2D eigenvalue weighted by molar-refractivity contribution is 7.80. The lowest BCUT2D eigenvalue weighted by Gasteiger charge is -2.09. The van der Waals surface area contributed by atoms with Gasteiger partial charge in [-0.05, 0) is 54.5 Å². The highest BCUT2D eigenvalue weighted by Gasteiger charge is 2.12. The highest BCUT2D eigenvalue weighted by atomic mass is 32.1. The standard InChI is InChI=1S/C16H15N3O2S/c1-11-4-2-3-5-13(11)18-16(22)19-17-9-12-6-7-14-15(8-12)21-10-20-14/h2-9H,10H2,1H3,(H2,18,19,22). The predicted octanol–water partition coefficient (Wildman–Crippen LogP) is 3.04. The van der Waals surface area contributed by atoms with Gasteiger partial charge in [0.2, 0.25) is 6.79 Å². The van der Waals surface area contributed by atoms with Gasteiger partial charge in [0.15, 0.2) is 16.6 Å². The summed E-state index contributed by atoms with van der Waals surface area (Å²) in [5.74, 6) is 1.48. The molecule has 0 bridgehead atoms. The minimum atomic E-state index is 0.263. The van der Waals surface area contributed by atoms with Crippen molar-refractivity contribution in [2.24, 2.45) is 5.10 Å². The van der Waals surface area contributed by atoms with Gasteiger partial charge < -0.3 is 14.8 Å². The maximum Gasteiger partial charge on any atom is 0.231 e. The van der Waals surface area contributed by atoms with Crippen LogP contribution in [0.3, 0.4) is 0 Å². The lowest BCUT2D eigenvalue weighted by atomic mass is 10.2. The summed E-state index contributed by atoms with van der Waals surface area (Å²) >= 11 is 5.21. The van der Waals surface area contributed by atoms with Crippen molar-refractivity contribution in [3.8, 4) is 11.5 Å². The molecule has 0 aliphatic carbocycles. The summed E-state index contributed by atoms with van der Waals surface area (Å²) in [6, 6.07) is 13.5. The van der Waals surface area contributed by atoms with Gasteiger partial charge >= 0.3 is 0 Å². The van der Waals surface area contributed by atoms with E-state index in [0.717, 1.165) is 28.3 Å². The zero-order chi connectivity index (χ0) is 15.4. The Morgan fingerprint density at radius 2 is 2.00 bits per heavy atom. The Labute approximate surface area is 133 Å². The topological polar surface area (TPSA) is 54.9 Å². The maximum absolute atomic E-state index is 5.32. The van der Waals surface area contributed by atoms with Crippen LogP contribution in [0.2, 0.25) is 0 Å². The van der Waals surface area contributed by atoms with Crippen molar-refractivity contribution in [3.05, 3.63) is 53.6 Å². The van der Waals surface area contributed by atoms with E-state index in [1.165, 1.54) is 0 Å². The molecular weight excluding hydrogens is 298 g/mol. The minimum absolute atomic E-state index is 0.263. The van der Waals surface area contributed by atoms with Crippen molar-refractivity contribution in [3.63, 3.8) is 0 Å². The first kappa shape index (κ1) is 14.3. The van der Waals surface area contributed by atoms with E-state index in [-0.39, 0.29) is 6.79 Å². The number of thiocarbonyl (C=S) groups is 1. The Balaban J connectivity index is 1.58. The fourth-order valence-corrected chi connectivity index (χ4v) is 2.18. The van der Waals surface area contributed by atoms with Gasteiger partial charge in [0, 0.05) is 5.69 Å². The molecular formula is C16H15N3O2S. The fourth-order valence-electron chi connectivity index (χ4n) is 2.02. The van der Waals surface area contributed by atoms with E-state index in [4.69, 9.17) is 21.7 Å². The van der Waals surface area contributed by atoms with Crippen molar-refractivity contribution in [2.75, 3.05) is 12.1 Å². The molecule has 2 aromatic rings. The first-order chi connectivity index (χ1) is 10.7. The molecule has 0 saturated heterocycles. The molecule has 0 atom stereocenters. The second kappa shape index (κ2) is 6.44. The van der Waals surface area contributed by atoms with Gasteiger partial charge in [-0.15, -0.1) is 0 Å². The van der Waals surface area contributed by atoms with Crippen LogP contribution in [0.25, 0.3) is 0 Å². The van der Waals surface area contributed by atoms with Crippen molar-refractivity contribution >= 4 is 29.2 Å². The molecule has 0 unspecified atom stereocenters. The maximum atomic E-state index is 5.32. The third-order valence-corrected chi connectivity index (χ3v) is 3.36. The number of aryl methyl sites for hydroxylation is 1. The van der Waals surface area contributed by atoms with E-state index in [9.17, 15) is 0 Å². The molecule has 3 rings (SSSR count). The van der Waals surface area contributed by atoms with Crippen molar-refractivity contribution in [2.45, 2.75) is 6.92 Å². The summed E-state index contributed by atoms with van der Waals surface area (Å²) in [5.41, 5.74) is 5.76. The summed E-state index contributed by atoms with van der Waals surface area (Å²) in [4.78, 5) is 0. The molecule has 1 aliphatic rings. The molecule has 2 N–H and O–H groups in total. The molecule has 0 radical (unpaired) electrons. The number of rotatable bonds is 3. The second-order valence-electron chi connectivity index (χ2n) is 4.75. The molecule has 1 aliphatic heterocycles. The van der Waals surface area contributed by atoms with Gasteiger partial charge in [-0.3, -0.25) is 5.43 Å². The van der Waals surface area contributed by atoms with Gasteiger partial charge in [0.1, 0.15) is 0 Å². The van der Waals surface area contributed by atoms with Crippen molar-refractivity contribution in [1.29, 1.82) is 0 Å². The molecule has 6 heteroatoms. The van der Waals surface area contributed by atoms with Crippen molar-refractivity contribution < 1.29 is 9.47 Å². The Morgan fingerprint density at radius 1 is 1.18 bits per heavy atom. The SMILES string of the molecule is Cc1ccccc1NC(=S)NN=Cc1ccc2c(c1)OCO2. The Kier molecular flexibility index (Phi) is 4.20. The zero-order valence-electron chi connectivity index (χ0n) is 12.0. The van der Waals surface area contributed by atoms with Crippen LogP contribution in [0, 0.1) is 6.92 Å². The third-order valence-electron chi connectivity index (χ3n) is 3.17. The normalized spacial score (nSPS) is 12.4. The fraction of sp³-hybridized carbons (Fsp3) is 0.125. The Bertz CT molecular complexity index is 731. The summed E-state index contributed by atoms with van der Waals surface area (Å²) in [7, 11) is 0. The van der Waals surface area contributed by atoms with Crippen LogP contribution in [-0.2, 0) is 0 Å². The van der Waals surface area contributed by atoms with Crippen LogP contribution in [0.4, 0.5) is 5.69 Å². The van der Waals surface area contributed by atoms with Crippen LogP contribution >= 0.6 is 12.2 Å². The van der Waals surface area contributed by atoms with E-state index >= 15 is 0 Å². The minimum Gasteiger partial charge on any atom is -0.454 e. The van der Waals surface area contributed by atoms with Gasteiger partial charge in [-0.1, -0.05) is 18.2 Å². The molecule has 0 spiro atoms. The van der Waals surface area contributed by atoms with Gasteiger partial charge in [0.25, 0.3) is 0 Å². The number of para-hydroxylation sites is 1. The quantitative estimate of drug-likeness (QED) is 0.518. The molecule has 112 valence electrons. The highest BCUT2D eigenvalue weighted by Crippen LogP contribution is 2.31. The Hall–Kier alpha value is -2.60. The molecule has 2 aromatic carbocycles. The summed E-state index contributed by atoms with van der Waals surface area (Å²) < 4.78 is 10.6. The monoisotopic (exact) mass is 313 g/mol. The van der Waals surface area contributed by atoms with Crippen LogP contribution in [-0.4, -0.2) is 18.1 Å². The number of anilines is 1. The van der Waals surface area contributed by atoms with E-state index in [1.54, 1.807) is 6.21 Å². The van der Waals surface area contributed by atoms with E-state index < -0.39 is 0 Å². The largest absolute Gasteiger partial charge is 0.454 e. The number of hydrogen-bond donors (Lipinski definition) is 2. The number of hydrazone groups is 1. The molecule has 0 amide bonds. The lowest BCUT2D eigenvalue weighted by molar-refractivity contribution is 0.174. The summed E-state index contributed by atoms with van der Waals surface area (Å²) in [5, 5.41) is 7.65. The number of fused-ring (bicyclic) bond motifs is 1. The van der Waals surface area contributed by atoms with E-state index in [1.807, 2.05) is 49.4 Å². The average Bonchev–Trinajstić information content (AvgIpc) is 2.97. The summed E-state index contributed by atoms with van der Waals surface area (Å²) in [6.07, 6.45) is 1.67. The van der Waals surface area contributed by atoms with Crippen LogP contribution in [0.5, 0.6) is 11.5 Å².